The lowest BCUT2D eigenvalue weighted by Gasteiger charge is -2.00. The van der Waals surface area contributed by atoms with E-state index < -0.39 is 0 Å². The minimum Gasteiger partial charge on any atom is -0.303 e. The second-order valence-electron chi connectivity index (χ2n) is 2.41. The van der Waals surface area contributed by atoms with Crippen molar-refractivity contribution in [1.29, 1.82) is 0 Å². The molecular formula is C9H14O. The largest absolute Gasteiger partial charge is 0.303 e. The molecular weight excluding hydrogens is 124 g/mol. The van der Waals surface area contributed by atoms with Gasteiger partial charge in [-0.05, 0) is 12.3 Å². The van der Waals surface area contributed by atoms with Crippen LogP contribution in [0.4, 0.5) is 0 Å². The van der Waals surface area contributed by atoms with Crippen molar-refractivity contribution in [1.82, 2.24) is 0 Å². The molecule has 0 saturated heterocycles. The van der Waals surface area contributed by atoms with E-state index in [0.717, 1.165) is 12.7 Å². The highest BCUT2D eigenvalue weighted by atomic mass is 16.1. The molecule has 0 aliphatic carbocycles. The number of carbonyl (C=O) groups is 1. The molecule has 0 fully saturated rings. The lowest BCUT2D eigenvalue weighted by Crippen LogP contribution is -1.91. The minimum absolute atomic E-state index is 0.466. The number of rotatable bonds is 5. The molecule has 0 rings (SSSR count). The summed E-state index contributed by atoms with van der Waals surface area (Å²) in [6.07, 6.45) is 8.26. The Bertz CT molecular complexity index is 125. The molecule has 0 aliphatic heterocycles. The summed E-state index contributed by atoms with van der Waals surface area (Å²) >= 11 is 0. The highest BCUT2D eigenvalue weighted by Crippen LogP contribution is 2.05. The first-order valence-electron chi connectivity index (χ1n) is 3.52. The van der Waals surface area contributed by atoms with Crippen molar-refractivity contribution < 1.29 is 4.79 Å². The molecule has 0 saturated carbocycles. The predicted octanol–water partition coefficient (Wildman–Crippen LogP) is 2.34. The summed E-state index contributed by atoms with van der Waals surface area (Å²) in [5, 5.41) is 0. The molecule has 0 aliphatic rings. The lowest BCUT2D eigenvalue weighted by atomic mass is 10.1. The van der Waals surface area contributed by atoms with Crippen molar-refractivity contribution in [3.8, 4) is 0 Å². The van der Waals surface area contributed by atoms with E-state index in [1.807, 2.05) is 12.2 Å². The molecule has 0 radical (unpaired) electrons. The van der Waals surface area contributed by atoms with Crippen LogP contribution in [0.25, 0.3) is 0 Å². The van der Waals surface area contributed by atoms with Gasteiger partial charge in [-0.2, -0.15) is 0 Å². The fraction of sp³-hybridized carbons (Fsp3) is 0.444. The zero-order valence-corrected chi connectivity index (χ0v) is 6.42. The second kappa shape index (κ2) is 6.27. The Kier molecular flexibility index (Phi) is 5.74. The smallest absolute Gasteiger partial charge is 0.120 e. The van der Waals surface area contributed by atoms with E-state index in [1.54, 1.807) is 6.08 Å². The van der Waals surface area contributed by atoms with Crippen molar-refractivity contribution in [2.24, 2.45) is 5.92 Å². The van der Waals surface area contributed by atoms with Crippen molar-refractivity contribution in [3.63, 3.8) is 0 Å². The topological polar surface area (TPSA) is 17.1 Å². The van der Waals surface area contributed by atoms with Gasteiger partial charge in [-0.1, -0.05) is 31.7 Å². The van der Waals surface area contributed by atoms with Gasteiger partial charge in [0.25, 0.3) is 0 Å². The Morgan fingerprint density at radius 2 is 2.20 bits per heavy atom. The molecule has 0 amide bonds. The van der Waals surface area contributed by atoms with E-state index in [0.29, 0.717) is 12.3 Å². The first-order valence-corrected chi connectivity index (χ1v) is 3.52. The fourth-order valence-corrected chi connectivity index (χ4v) is 0.668. The summed E-state index contributed by atoms with van der Waals surface area (Å²) in [5.41, 5.74) is 0. The molecule has 0 unspecified atom stereocenters. The standard InChI is InChI=1S/C9H14O/c1-3-4-5-6-9(2)7-8-10/h3-5,8-9H,1,6-7H2,2H3/b5-4-/t9-/m1/s1. The number of hydrogen-bond donors (Lipinski definition) is 0. The molecule has 1 heteroatoms. The summed E-state index contributed by atoms with van der Waals surface area (Å²) in [6, 6.07) is 0. The Labute approximate surface area is 62.4 Å². The van der Waals surface area contributed by atoms with E-state index in [1.165, 1.54) is 0 Å². The summed E-state index contributed by atoms with van der Waals surface area (Å²) in [5.74, 6) is 0.466. The molecule has 0 aromatic rings. The monoisotopic (exact) mass is 138 g/mol. The van der Waals surface area contributed by atoms with Gasteiger partial charge in [0.05, 0.1) is 0 Å². The quantitative estimate of drug-likeness (QED) is 0.421. The van der Waals surface area contributed by atoms with E-state index in [2.05, 4.69) is 13.5 Å². The maximum atomic E-state index is 10.0. The fourth-order valence-electron chi connectivity index (χ4n) is 0.668. The zero-order valence-electron chi connectivity index (χ0n) is 6.42. The highest BCUT2D eigenvalue weighted by Gasteiger charge is 1.95. The lowest BCUT2D eigenvalue weighted by molar-refractivity contribution is -0.108. The third-order valence-corrected chi connectivity index (χ3v) is 1.31. The van der Waals surface area contributed by atoms with Crippen LogP contribution < -0.4 is 0 Å². The maximum absolute atomic E-state index is 10.0. The molecule has 0 N–H and O–H groups in total. The third kappa shape index (κ3) is 5.29. The van der Waals surface area contributed by atoms with Gasteiger partial charge < -0.3 is 4.79 Å². The van der Waals surface area contributed by atoms with Crippen LogP contribution in [0.1, 0.15) is 19.8 Å². The van der Waals surface area contributed by atoms with Crippen LogP contribution >= 0.6 is 0 Å². The van der Waals surface area contributed by atoms with Gasteiger partial charge in [-0.3, -0.25) is 0 Å². The molecule has 0 heterocycles. The third-order valence-electron chi connectivity index (χ3n) is 1.31. The van der Waals surface area contributed by atoms with E-state index in [-0.39, 0.29) is 0 Å². The summed E-state index contributed by atoms with van der Waals surface area (Å²) in [4.78, 5) is 10.0. The van der Waals surface area contributed by atoms with Crippen LogP contribution in [-0.4, -0.2) is 6.29 Å². The van der Waals surface area contributed by atoms with Gasteiger partial charge in [0.1, 0.15) is 6.29 Å². The van der Waals surface area contributed by atoms with Crippen LogP contribution in [0, 0.1) is 5.92 Å². The van der Waals surface area contributed by atoms with Crippen LogP contribution in [0.5, 0.6) is 0 Å². The van der Waals surface area contributed by atoms with Gasteiger partial charge in [0.15, 0.2) is 0 Å². The van der Waals surface area contributed by atoms with E-state index in [4.69, 9.17) is 0 Å². The van der Waals surface area contributed by atoms with Crippen LogP contribution in [-0.2, 0) is 4.79 Å². The Morgan fingerprint density at radius 1 is 1.50 bits per heavy atom. The van der Waals surface area contributed by atoms with Crippen LogP contribution in [0.15, 0.2) is 24.8 Å². The molecule has 0 aromatic carbocycles. The van der Waals surface area contributed by atoms with Crippen molar-refractivity contribution in [2.75, 3.05) is 0 Å². The minimum atomic E-state index is 0.466. The average molecular weight is 138 g/mol. The van der Waals surface area contributed by atoms with Gasteiger partial charge in [0.2, 0.25) is 0 Å². The van der Waals surface area contributed by atoms with E-state index >= 15 is 0 Å². The van der Waals surface area contributed by atoms with Crippen LogP contribution in [0.3, 0.4) is 0 Å². The average Bonchev–Trinajstić information content (AvgIpc) is 1.89. The maximum Gasteiger partial charge on any atom is 0.120 e. The molecule has 1 nitrogen and oxygen atoms in total. The van der Waals surface area contributed by atoms with Crippen molar-refractivity contribution >= 4 is 6.29 Å². The molecule has 1 atom stereocenters. The number of carbonyl (C=O) groups excluding carboxylic acids is 1. The van der Waals surface area contributed by atoms with E-state index in [9.17, 15) is 4.79 Å². The van der Waals surface area contributed by atoms with Gasteiger partial charge in [-0.15, -0.1) is 0 Å². The first-order chi connectivity index (χ1) is 4.81. The Hall–Kier alpha value is -0.850. The molecule has 56 valence electrons. The summed E-state index contributed by atoms with van der Waals surface area (Å²) < 4.78 is 0. The van der Waals surface area contributed by atoms with Crippen LogP contribution in [0.2, 0.25) is 0 Å². The highest BCUT2D eigenvalue weighted by molar-refractivity contribution is 5.49. The number of aldehydes is 1. The molecule has 0 bridgehead atoms. The molecule has 0 spiro atoms. The number of allylic oxidation sites excluding steroid dienone is 3. The predicted molar refractivity (Wildman–Crippen MR) is 43.8 cm³/mol. The number of hydrogen-bond acceptors (Lipinski definition) is 1. The first kappa shape index (κ1) is 9.15. The van der Waals surface area contributed by atoms with Gasteiger partial charge >= 0.3 is 0 Å². The van der Waals surface area contributed by atoms with Crippen molar-refractivity contribution in [2.45, 2.75) is 19.8 Å². The van der Waals surface area contributed by atoms with Gasteiger partial charge in [0, 0.05) is 6.42 Å². The van der Waals surface area contributed by atoms with Gasteiger partial charge in [-0.25, -0.2) is 0 Å². The second-order valence-corrected chi connectivity index (χ2v) is 2.41. The molecule has 0 aromatic heterocycles. The normalized spacial score (nSPS) is 13.3. The SMILES string of the molecule is C=C/C=C\C[C@@H](C)CC=O. The zero-order chi connectivity index (χ0) is 7.82. The summed E-state index contributed by atoms with van der Waals surface area (Å²) in [7, 11) is 0. The van der Waals surface area contributed by atoms with Crippen molar-refractivity contribution in [3.05, 3.63) is 24.8 Å². The Balaban J connectivity index is 3.37. The summed E-state index contributed by atoms with van der Waals surface area (Å²) in [6.45, 7) is 5.60. The Morgan fingerprint density at radius 3 is 2.70 bits per heavy atom. The molecule has 10 heavy (non-hydrogen) atoms.